The summed E-state index contributed by atoms with van der Waals surface area (Å²) in [5, 5.41) is 2.99. The van der Waals surface area contributed by atoms with E-state index in [4.69, 9.17) is 0 Å². The maximum atomic E-state index is 11.6. The van der Waals surface area contributed by atoms with Crippen molar-refractivity contribution in [2.45, 2.75) is 32.2 Å². The van der Waals surface area contributed by atoms with Gasteiger partial charge in [0.15, 0.2) is 0 Å². The van der Waals surface area contributed by atoms with E-state index in [0.29, 0.717) is 30.2 Å². The Bertz CT molecular complexity index is 1080. The Kier molecular flexibility index (Phi) is 4.80. The third-order valence-electron chi connectivity index (χ3n) is 4.53. The minimum Gasteiger partial charge on any atom is -0.326 e. The van der Waals surface area contributed by atoms with Crippen LogP contribution in [0, 0.1) is 6.92 Å². The summed E-state index contributed by atoms with van der Waals surface area (Å²) in [7, 11) is -1.02. The lowest BCUT2D eigenvalue weighted by molar-refractivity contribution is 0.600. The Labute approximate surface area is 165 Å². The van der Waals surface area contributed by atoms with Gasteiger partial charge in [-0.2, -0.15) is 4.98 Å². The lowest BCUT2D eigenvalue weighted by Crippen LogP contribution is -2.26. The molecule has 0 aromatic carbocycles. The molecule has 4 rings (SSSR count). The average Bonchev–Trinajstić information content (AvgIpc) is 3.26. The Hall–Kier alpha value is -2.88. The topological polar surface area (TPSA) is 101 Å². The van der Waals surface area contributed by atoms with Crippen LogP contribution in [0.5, 0.6) is 0 Å². The van der Waals surface area contributed by atoms with E-state index < -0.39 is 10.8 Å². The summed E-state index contributed by atoms with van der Waals surface area (Å²) in [6.07, 6.45) is 6.73. The first-order valence-electron chi connectivity index (χ1n) is 8.99. The first-order valence-corrected chi connectivity index (χ1v) is 10.6. The van der Waals surface area contributed by atoms with Crippen molar-refractivity contribution in [1.82, 2.24) is 24.5 Å². The van der Waals surface area contributed by atoms with E-state index >= 15 is 0 Å². The molecule has 9 nitrogen and oxygen atoms in total. The summed E-state index contributed by atoms with van der Waals surface area (Å²) in [4.78, 5) is 23.9. The summed E-state index contributed by atoms with van der Waals surface area (Å²) < 4.78 is 13.8. The predicted molar refractivity (Wildman–Crippen MR) is 112 cm³/mol. The van der Waals surface area contributed by atoms with Gasteiger partial charge in [0, 0.05) is 35.4 Å². The average molecular weight is 398 g/mol. The van der Waals surface area contributed by atoms with Gasteiger partial charge in [0.2, 0.25) is 5.95 Å². The molecule has 3 aromatic heterocycles. The summed E-state index contributed by atoms with van der Waals surface area (Å²) in [6.45, 7) is 6.76. The van der Waals surface area contributed by atoms with E-state index in [1.807, 2.05) is 13.0 Å². The number of aromatic nitrogens is 5. The highest BCUT2D eigenvalue weighted by Gasteiger charge is 2.23. The van der Waals surface area contributed by atoms with Gasteiger partial charge in [-0.3, -0.25) is 14.1 Å². The van der Waals surface area contributed by atoms with Crippen molar-refractivity contribution in [2.24, 2.45) is 4.99 Å². The molecule has 1 aliphatic rings. The molecule has 10 heteroatoms. The summed E-state index contributed by atoms with van der Waals surface area (Å²) >= 11 is 0. The highest BCUT2D eigenvalue weighted by atomic mass is 32.2. The van der Waals surface area contributed by atoms with E-state index in [-0.39, 0.29) is 5.37 Å². The van der Waals surface area contributed by atoms with Crippen LogP contribution in [0.4, 0.5) is 17.6 Å². The van der Waals surface area contributed by atoms with Gasteiger partial charge in [-0.05, 0) is 26.8 Å². The molecule has 28 heavy (non-hydrogen) atoms. The highest BCUT2D eigenvalue weighted by molar-refractivity contribution is 7.84. The minimum atomic E-state index is -1.02. The molecule has 0 amide bonds. The van der Waals surface area contributed by atoms with Crippen LogP contribution in [0.15, 0.2) is 29.5 Å². The fourth-order valence-corrected chi connectivity index (χ4v) is 3.86. The quantitative estimate of drug-likeness (QED) is 0.704. The number of aliphatic imine (C=N–C) groups is 1. The molecule has 146 valence electrons. The predicted octanol–water partition coefficient (Wildman–Crippen LogP) is 2.41. The van der Waals surface area contributed by atoms with Gasteiger partial charge in [0.1, 0.15) is 28.4 Å². The Morgan fingerprint density at radius 2 is 2.07 bits per heavy atom. The first-order chi connectivity index (χ1) is 13.4. The number of aryl methyl sites for hydroxylation is 1. The van der Waals surface area contributed by atoms with Crippen molar-refractivity contribution >= 4 is 45.8 Å². The molecule has 0 radical (unpaired) electrons. The number of hydrogen-bond donors (Lipinski definition) is 1. The molecule has 0 spiro atoms. The monoisotopic (exact) mass is 398 g/mol. The molecule has 2 atom stereocenters. The second kappa shape index (κ2) is 7.27. The zero-order chi connectivity index (χ0) is 19.8. The summed E-state index contributed by atoms with van der Waals surface area (Å²) in [5.74, 6) is 2.77. The molecule has 0 fully saturated rings. The van der Waals surface area contributed by atoms with Crippen LogP contribution >= 0.6 is 0 Å². The standard InChI is InChI=1S/C18H22N8OS/c1-11(2)26-12(3)22-13-8-20-16(7-14(13)26)23-15-5-6-19-18(24-15)25-9-17(21-10-25)28(4)27/h5-8,10-11,17H,9H2,1-4H3,(H,19,20,23,24). The van der Waals surface area contributed by atoms with Gasteiger partial charge < -0.3 is 9.88 Å². The van der Waals surface area contributed by atoms with Crippen molar-refractivity contribution in [3.63, 3.8) is 0 Å². The fourth-order valence-electron chi connectivity index (χ4n) is 3.27. The van der Waals surface area contributed by atoms with Crippen molar-refractivity contribution in [3.8, 4) is 0 Å². The van der Waals surface area contributed by atoms with E-state index in [1.165, 1.54) is 0 Å². The van der Waals surface area contributed by atoms with Crippen molar-refractivity contribution in [2.75, 3.05) is 23.0 Å². The molecule has 0 saturated carbocycles. The zero-order valence-electron chi connectivity index (χ0n) is 16.2. The highest BCUT2D eigenvalue weighted by Crippen LogP contribution is 2.24. The van der Waals surface area contributed by atoms with E-state index in [9.17, 15) is 4.21 Å². The fraction of sp³-hybridized carbons (Fsp3) is 0.389. The maximum absolute atomic E-state index is 11.6. The number of hydrogen-bond acceptors (Lipinski definition) is 8. The van der Waals surface area contributed by atoms with Crippen LogP contribution in [-0.2, 0) is 10.8 Å². The minimum absolute atomic E-state index is 0.246. The molecule has 1 aliphatic heterocycles. The van der Waals surface area contributed by atoms with Crippen LogP contribution in [0.25, 0.3) is 11.0 Å². The molecule has 0 bridgehead atoms. The van der Waals surface area contributed by atoms with E-state index in [1.54, 1.807) is 36.0 Å². The molecule has 0 aliphatic carbocycles. The van der Waals surface area contributed by atoms with E-state index in [0.717, 1.165) is 16.9 Å². The van der Waals surface area contributed by atoms with E-state index in [2.05, 4.69) is 48.7 Å². The van der Waals surface area contributed by atoms with Crippen LogP contribution in [-0.4, -0.2) is 53.2 Å². The third-order valence-corrected chi connectivity index (χ3v) is 5.57. The first kappa shape index (κ1) is 18.5. The molecule has 2 unspecified atom stereocenters. The lowest BCUT2D eigenvalue weighted by Gasteiger charge is -2.14. The van der Waals surface area contributed by atoms with Crippen LogP contribution in [0.1, 0.15) is 25.7 Å². The number of pyridine rings is 1. The Balaban J connectivity index is 1.59. The number of imidazole rings is 1. The molecule has 4 heterocycles. The molecule has 0 saturated heterocycles. The number of nitrogens with one attached hydrogen (secondary N) is 1. The smallest absolute Gasteiger partial charge is 0.232 e. The normalized spacial score (nSPS) is 17.6. The second-order valence-corrected chi connectivity index (χ2v) is 8.46. The Morgan fingerprint density at radius 3 is 2.79 bits per heavy atom. The number of rotatable bonds is 5. The van der Waals surface area contributed by atoms with Gasteiger partial charge in [-0.1, -0.05) is 0 Å². The van der Waals surface area contributed by atoms with Crippen LogP contribution in [0.3, 0.4) is 0 Å². The van der Waals surface area contributed by atoms with Gasteiger partial charge in [-0.25, -0.2) is 15.0 Å². The van der Waals surface area contributed by atoms with Gasteiger partial charge >= 0.3 is 0 Å². The largest absolute Gasteiger partial charge is 0.326 e. The second-order valence-electron chi connectivity index (χ2n) is 6.92. The SMILES string of the molecule is Cc1nc2cnc(Nc3ccnc(N4C=NC(S(C)=O)C4)n3)cc2n1C(C)C. The maximum Gasteiger partial charge on any atom is 0.232 e. The van der Waals surface area contributed by atoms with Crippen LogP contribution < -0.4 is 10.2 Å². The molecule has 3 aromatic rings. The Morgan fingerprint density at radius 1 is 1.25 bits per heavy atom. The van der Waals surface area contributed by atoms with Crippen molar-refractivity contribution in [3.05, 3.63) is 30.4 Å². The zero-order valence-corrected chi connectivity index (χ0v) is 17.0. The summed E-state index contributed by atoms with van der Waals surface area (Å²) in [6, 6.07) is 4.06. The van der Waals surface area contributed by atoms with Gasteiger partial charge in [0.25, 0.3) is 0 Å². The molecule has 1 N–H and O–H groups in total. The lowest BCUT2D eigenvalue weighted by atomic mass is 10.3. The number of fused-ring (bicyclic) bond motifs is 1. The van der Waals surface area contributed by atoms with Crippen molar-refractivity contribution in [1.29, 1.82) is 0 Å². The number of anilines is 3. The van der Waals surface area contributed by atoms with Crippen LogP contribution in [0.2, 0.25) is 0 Å². The van der Waals surface area contributed by atoms with Crippen molar-refractivity contribution < 1.29 is 4.21 Å². The van der Waals surface area contributed by atoms with Gasteiger partial charge in [-0.15, -0.1) is 0 Å². The van der Waals surface area contributed by atoms with Gasteiger partial charge in [0.05, 0.1) is 24.6 Å². The molecular weight excluding hydrogens is 376 g/mol. The summed E-state index contributed by atoms with van der Waals surface area (Å²) in [5.41, 5.74) is 1.89. The number of nitrogens with zero attached hydrogens (tertiary/aromatic N) is 7. The molecular formula is C18H22N8OS. The third kappa shape index (κ3) is 3.47.